The van der Waals surface area contributed by atoms with Crippen LogP contribution in [0.4, 0.5) is 11.4 Å². The molecule has 0 unspecified atom stereocenters. The zero-order chi connectivity index (χ0) is 17.1. The Morgan fingerprint density at radius 1 is 0.957 bits per heavy atom. The van der Waals surface area contributed by atoms with E-state index in [1.54, 1.807) is 24.3 Å². The Morgan fingerprint density at radius 3 is 2.00 bits per heavy atom. The predicted molar refractivity (Wildman–Crippen MR) is 98.4 cm³/mol. The third-order valence-corrected chi connectivity index (χ3v) is 2.47. The van der Waals surface area contributed by atoms with E-state index in [9.17, 15) is 0 Å². The van der Waals surface area contributed by atoms with Crippen LogP contribution in [0.3, 0.4) is 0 Å². The van der Waals surface area contributed by atoms with Crippen LogP contribution in [0.25, 0.3) is 0 Å². The summed E-state index contributed by atoms with van der Waals surface area (Å²) < 4.78 is 0. The van der Waals surface area contributed by atoms with Gasteiger partial charge in [-0.15, -0.1) is 15.3 Å². The highest BCUT2D eigenvalue weighted by Crippen LogP contribution is 2.16. The van der Waals surface area contributed by atoms with E-state index in [-0.39, 0.29) is 11.1 Å². The highest BCUT2D eigenvalue weighted by atomic mass is 32.1. The molecule has 7 N–H and O–H groups in total. The topological polar surface area (TPSA) is 127 Å². The zero-order valence-electron chi connectivity index (χ0n) is 12.7. The second-order valence-electron chi connectivity index (χ2n) is 4.39. The molecule has 2 aromatic carbocycles. The summed E-state index contributed by atoms with van der Waals surface area (Å²) in [6.07, 6.45) is 0. The van der Waals surface area contributed by atoms with E-state index in [1.165, 1.54) is 5.56 Å². The van der Waals surface area contributed by atoms with Gasteiger partial charge in [-0.2, -0.15) is 0 Å². The highest BCUT2D eigenvalue weighted by Gasteiger charge is 1.92. The monoisotopic (exact) mass is 329 g/mol. The lowest BCUT2D eigenvalue weighted by atomic mass is 10.2. The van der Waals surface area contributed by atoms with Crippen molar-refractivity contribution in [1.29, 1.82) is 0 Å². The third kappa shape index (κ3) is 8.79. The first-order valence-corrected chi connectivity index (χ1v) is 7.05. The van der Waals surface area contributed by atoms with Gasteiger partial charge in [0.2, 0.25) is 11.1 Å². The van der Waals surface area contributed by atoms with Crippen LogP contribution in [-0.4, -0.2) is 11.1 Å². The molecule has 0 spiro atoms. The van der Waals surface area contributed by atoms with Crippen molar-refractivity contribution < 1.29 is 0 Å². The largest absolute Gasteiger partial charge is 0.373 e. The maximum atomic E-state index is 5.16. The van der Waals surface area contributed by atoms with E-state index in [0.29, 0.717) is 5.69 Å². The van der Waals surface area contributed by atoms with Crippen molar-refractivity contribution in [1.82, 2.24) is 0 Å². The highest BCUT2D eigenvalue weighted by molar-refractivity contribution is 7.80. The molecule has 7 nitrogen and oxygen atoms in total. The van der Waals surface area contributed by atoms with Crippen molar-refractivity contribution in [2.45, 2.75) is 6.92 Å². The number of hydrazone groups is 1. The van der Waals surface area contributed by atoms with Crippen molar-refractivity contribution in [3.05, 3.63) is 60.2 Å². The Hall–Kier alpha value is -3.00. The first kappa shape index (κ1) is 18.1. The van der Waals surface area contributed by atoms with Gasteiger partial charge in [0.25, 0.3) is 0 Å². The summed E-state index contributed by atoms with van der Waals surface area (Å²) in [6, 6.07) is 17.2. The molecule has 2 rings (SSSR count). The number of nitrogens with zero attached hydrogens (tertiary/aromatic N) is 3. The number of nitrogens with one attached hydrogen (secondary N) is 1. The molecule has 0 amide bonds. The van der Waals surface area contributed by atoms with Gasteiger partial charge in [0.15, 0.2) is 0 Å². The van der Waals surface area contributed by atoms with Crippen molar-refractivity contribution in [2.75, 3.05) is 5.43 Å². The fraction of sp³-hybridized carbons (Fsp3) is 0.0667. The second kappa shape index (κ2) is 9.85. The number of thiocarbonyl (C=S) groups is 1. The fourth-order valence-corrected chi connectivity index (χ4v) is 1.41. The maximum absolute atomic E-state index is 5.16. The molecule has 0 saturated carbocycles. The number of anilines is 1. The van der Waals surface area contributed by atoms with Crippen molar-refractivity contribution in [3.8, 4) is 0 Å². The summed E-state index contributed by atoms with van der Waals surface area (Å²) in [6.45, 7) is 2.08. The van der Waals surface area contributed by atoms with Crippen molar-refractivity contribution >= 4 is 34.7 Å². The van der Waals surface area contributed by atoms with Gasteiger partial charge < -0.3 is 17.2 Å². The van der Waals surface area contributed by atoms with Crippen LogP contribution >= 0.6 is 12.2 Å². The molecular formula is C15H19N7S. The van der Waals surface area contributed by atoms with E-state index in [1.807, 2.05) is 18.2 Å². The van der Waals surface area contributed by atoms with E-state index in [2.05, 4.69) is 52.0 Å². The van der Waals surface area contributed by atoms with E-state index < -0.39 is 0 Å². The number of benzene rings is 2. The van der Waals surface area contributed by atoms with Gasteiger partial charge in [0, 0.05) is 0 Å². The Balaban J connectivity index is 0.000000313. The van der Waals surface area contributed by atoms with Crippen LogP contribution in [0.5, 0.6) is 0 Å². The Labute approximate surface area is 140 Å². The average molecular weight is 329 g/mol. The summed E-state index contributed by atoms with van der Waals surface area (Å²) >= 11 is 4.55. The number of hydrogen-bond acceptors (Lipinski definition) is 4. The Bertz CT molecular complexity index is 662. The molecular weight excluding hydrogens is 310 g/mol. The van der Waals surface area contributed by atoms with E-state index in [4.69, 9.17) is 17.2 Å². The maximum Gasteiger partial charge on any atom is 0.211 e. The number of aryl methyl sites for hydroxylation is 1. The quantitative estimate of drug-likeness (QED) is 0.226. The van der Waals surface area contributed by atoms with Crippen molar-refractivity contribution in [3.63, 3.8) is 0 Å². The molecule has 0 saturated heterocycles. The molecule has 0 aliphatic carbocycles. The van der Waals surface area contributed by atoms with Crippen LogP contribution in [0.1, 0.15) is 5.56 Å². The lowest BCUT2D eigenvalue weighted by molar-refractivity contribution is 1.26. The summed E-state index contributed by atoms with van der Waals surface area (Å²) in [5, 5.41) is 10.9. The van der Waals surface area contributed by atoms with Crippen LogP contribution in [0.15, 0.2) is 69.9 Å². The number of azo groups is 1. The lowest BCUT2D eigenvalue weighted by Gasteiger charge is -2.00. The molecule has 0 atom stereocenters. The SMILES string of the molecule is Cc1ccccc1.NC(=S)N=Nc1ccc(NN=C(N)N)cc1. The molecule has 8 heteroatoms. The molecule has 23 heavy (non-hydrogen) atoms. The minimum Gasteiger partial charge on any atom is -0.373 e. The first-order chi connectivity index (χ1) is 11.0. The van der Waals surface area contributed by atoms with Gasteiger partial charge in [-0.1, -0.05) is 35.9 Å². The second-order valence-corrected chi connectivity index (χ2v) is 4.81. The first-order valence-electron chi connectivity index (χ1n) is 6.65. The van der Waals surface area contributed by atoms with Crippen LogP contribution in [0.2, 0.25) is 0 Å². The number of rotatable bonds is 3. The van der Waals surface area contributed by atoms with Gasteiger partial charge in [0.05, 0.1) is 11.4 Å². The van der Waals surface area contributed by atoms with Crippen molar-refractivity contribution in [2.24, 2.45) is 32.5 Å². The zero-order valence-corrected chi connectivity index (χ0v) is 13.5. The lowest BCUT2D eigenvalue weighted by Crippen LogP contribution is -2.23. The normalized spacial score (nSPS) is 9.61. The number of hydrogen-bond donors (Lipinski definition) is 4. The number of nitrogens with two attached hydrogens (primary N) is 3. The van der Waals surface area contributed by atoms with Gasteiger partial charge >= 0.3 is 0 Å². The summed E-state index contributed by atoms with van der Waals surface area (Å²) in [7, 11) is 0. The molecule has 0 fully saturated rings. The smallest absolute Gasteiger partial charge is 0.211 e. The summed E-state index contributed by atoms with van der Waals surface area (Å²) in [4.78, 5) is 0. The van der Waals surface area contributed by atoms with Gasteiger partial charge in [-0.05, 0) is 43.4 Å². The van der Waals surface area contributed by atoms with Gasteiger partial charge in [0.1, 0.15) is 0 Å². The van der Waals surface area contributed by atoms with Gasteiger partial charge in [-0.25, -0.2) is 0 Å². The standard InChI is InChI=1S/C8H11N7S.C7H8/c9-7(10)14-12-5-1-3-6(4-2-5)13-15-8(11)16;1-7-5-3-2-4-6-7/h1-4,12H,(H2,11,16)(H4,9,10,14);2-6H,1H3. The molecule has 0 aromatic heterocycles. The summed E-state index contributed by atoms with van der Waals surface area (Å²) in [5.74, 6) is -0.0442. The molecule has 120 valence electrons. The molecule has 0 radical (unpaired) electrons. The predicted octanol–water partition coefficient (Wildman–Crippen LogP) is 2.61. The molecule has 0 heterocycles. The van der Waals surface area contributed by atoms with Crippen LogP contribution in [0, 0.1) is 6.92 Å². The Kier molecular flexibility index (Phi) is 7.73. The van der Waals surface area contributed by atoms with E-state index in [0.717, 1.165) is 5.69 Å². The summed E-state index contributed by atoms with van der Waals surface area (Å²) in [5.41, 5.74) is 20.8. The number of guanidine groups is 1. The minimum atomic E-state index is -0.0442. The molecule has 0 aliphatic heterocycles. The molecule has 0 aliphatic rings. The average Bonchev–Trinajstić information content (AvgIpc) is 2.53. The molecule has 0 bridgehead atoms. The van der Waals surface area contributed by atoms with Gasteiger partial charge in [-0.3, -0.25) is 5.43 Å². The fourth-order valence-electron chi connectivity index (χ4n) is 1.37. The van der Waals surface area contributed by atoms with Crippen LogP contribution < -0.4 is 22.6 Å². The Morgan fingerprint density at radius 2 is 1.57 bits per heavy atom. The third-order valence-electron chi connectivity index (χ3n) is 2.39. The van der Waals surface area contributed by atoms with Crippen LogP contribution in [-0.2, 0) is 0 Å². The van der Waals surface area contributed by atoms with E-state index >= 15 is 0 Å². The minimum absolute atomic E-state index is 0.0114. The molecule has 2 aromatic rings.